The number of carbonyl (C=O) groups excluding carboxylic acids is 2. The molecule has 2 aliphatic rings. The summed E-state index contributed by atoms with van der Waals surface area (Å²) in [6, 6.07) is 12.7. The highest BCUT2D eigenvalue weighted by atomic mass is 19.2. The lowest BCUT2D eigenvalue weighted by molar-refractivity contribution is -0.128. The van der Waals surface area contributed by atoms with Gasteiger partial charge in [0.25, 0.3) is 5.91 Å². The quantitative estimate of drug-likeness (QED) is 0.814. The van der Waals surface area contributed by atoms with Crippen LogP contribution in [0.5, 0.6) is 0 Å². The number of hydrogen-bond acceptors (Lipinski definition) is 2. The third-order valence-corrected chi connectivity index (χ3v) is 5.68. The van der Waals surface area contributed by atoms with Crippen LogP contribution in [0.3, 0.4) is 0 Å². The van der Waals surface area contributed by atoms with Crippen LogP contribution in [-0.2, 0) is 4.79 Å². The molecule has 4 rings (SSSR count). The molecule has 0 spiro atoms. The fourth-order valence-electron chi connectivity index (χ4n) is 4.38. The molecule has 3 atom stereocenters. The van der Waals surface area contributed by atoms with Crippen LogP contribution in [0.4, 0.5) is 8.78 Å². The summed E-state index contributed by atoms with van der Waals surface area (Å²) in [6.45, 7) is 3.26. The summed E-state index contributed by atoms with van der Waals surface area (Å²) in [5, 5.41) is 0. The van der Waals surface area contributed by atoms with Crippen molar-refractivity contribution >= 4 is 11.8 Å². The van der Waals surface area contributed by atoms with Gasteiger partial charge in [-0.3, -0.25) is 9.59 Å². The molecular weight excluding hydrogens is 350 g/mol. The maximum atomic E-state index is 13.6. The first-order valence-electron chi connectivity index (χ1n) is 9.02. The number of amides is 2. The van der Waals surface area contributed by atoms with Crippen molar-refractivity contribution in [2.75, 3.05) is 19.6 Å². The molecule has 0 N–H and O–H groups in total. The molecule has 2 fully saturated rings. The fraction of sp³-hybridized carbons (Fsp3) is 0.333. The lowest BCUT2D eigenvalue weighted by Gasteiger charge is -2.30. The normalized spacial score (nSPS) is 24.2. The Morgan fingerprint density at radius 1 is 0.963 bits per heavy atom. The van der Waals surface area contributed by atoms with Crippen LogP contribution in [0.25, 0.3) is 0 Å². The van der Waals surface area contributed by atoms with Crippen molar-refractivity contribution < 1.29 is 18.4 Å². The number of carbonyl (C=O) groups is 2. The van der Waals surface area contributed by atoms with Crippen LogP contribution < -0.4 is 0 Å². The van der Waals surface area contributed by atoms with E-state index < -0.39 is 11.6 Å². The van der Waals surface area contributed by atoms with Crippen LogP contribution in [0, 0.1) is 23.5 Å². The standard InChI is InChI=1S/C21H20F2N2O2/c1-13(26)24-10-16-11-25(21(27)15-7-8-18(22)19(23)9-15)20(17(16)12-24)14-5-3-2-4-6-14/h2-9,16-17,20H,10-12H2,1H3/t16-,17-,20+/m0/s1. The van der Waals surface area contributed by atoms with E-state index in [1.54, 1.807) is 11.8 Å². The van der Waals surface area contributed by atoms with Crippen molar-refractivity contribution in [1.29, 1.82) is 0 Å². The average molecular weight is 370 g/mol. The van der Waals surface area contributed by atoms with E-state index in [4.69, 9.17) is 0 Å². The van der Waals surface area contributed by atoms with Crippen molar-refractivity contribution in [3.63, 3.8) is 0 Å². The summed E-state index contributed by atoms with van der Waals surface area (Å²) in [7, 11) is 0. The summed E-state index contributed by atoms with van der Waals surface area (Å²) >= 11 is 0. The van der Waals surface area contributed by atoms with Crippen LogP contribution >= 0.6 is 0 Å². The molecule has 4 nitrogen and oxygen atoms in total. The molecule has 27 heavy (non-hydrogen) atoms. The van der Waals surface area contributed by atoms with Gasteiger partial charge in [0.2, 0.25) is 5.91 Å². The van der Waals surface area contributed by atoms with Crippen molar-refractivity contribution in [2.24, 2.45) is 11.8 Å². The van der Waals surface area contributed by atoms with Crippen molar-refractivity contribution in [2.45, 2.75) is 13.0 Å². The predicted octanol–water partition coefficient (Wildman–Crippen LogP) is 3.26. The number of nitrogens with zero attached hydrogens (tertiary/aromatic N) is 2. The first-order valence-corrected chi connectivity index (χ1v) is 9.02. The maximum Gasteiger partial charge on any atom is 0.254 e. The van der Waals surface area contributed by atoms with Crippen LogP contribution in [0.2, 0.25) is 0 Å². The van der Waals surface area contributed by atoms with Crippen molar-refractivity contribution in [3.8, 4) is 0 Å². The number of hydrogen-bond donors (Lipinski definition) is 0. The van der Waals surface area contributed by atoms with E-state index in [1.165, 1.54) is 6.07 Å². The summed E-state index contributed by atoms with van der Waals surface area (Å²) < 4.78 is 26.9. The Labute approximate surface area is 156 Å². The molecule has 2 aromatic rings. The molecule has 2 heterocycles. The summed E-state index contributed by atoms with van der Waals surface area (Å²) in [4.78, 5) is 28.5. The van der Waals surface area contributed by atoms with Gasteiger partial charge in [0.05, 0.1) is 6.04 Å². The number of halogens is 2. The molecule has 2 aromatic carbocycles. The van der Waals surface area contributed by atoms with E-state index in [9.17, 15) is 18.4 Å². The highest BCUT2D eigenvalue weighted by Crippen LogP contribution is 2.45. The van der Waals surface area contributed by atoms with Crippen molar-refractivity contribution in [3.05, 3.63) is 71.3 Å². The predicted molar refractivity (Wildman–Crippen MR) is 95.8 cm³/mol. The molecule has 2 aliphatic heterocycles. The summed E-state index contributed by atoms with van der Waals surface area (Å²) in [5.41, 5.74) is 1.13. The highest BCUT2D eigenvalue weighted by Gasteiger charge is 2.49. The minimum atomic E-state index is -1.03. The van der Waals surface area contributed by atoms with E-state index in [-0.39, 0.29) is 35.3 Å². The third kappa shape index (κ3) is 3.09. The molecule has 0 aromatic heterocycles. The van der Waals surface area contributed by atoms with Gasteiger partial charge >= 0.3 is 0 Å². The molecule has 0 unspecified atom stereocenters. The van der Waals surface area contributed by atoms with Gasteiger partial charge in [-0.25, -0.2) is 8.78 Å². The number of benzene rings is 2. The van der Waals surface area contributed by atoms with Crippen LogP contribution in [-0.4, -0.2) is 41.2 Å². The average Bonchev–Trinajstić information content (AvgIpc) is 3.22. The minimum Gasteiger partial charge on any atom is -0.342 e. The van der Waals surface area contributed by atoms with Gasteiger partial charge in [-0.2, -0.15) is 0 Å². The Bertz CT molecular complexity index is 887. The molecule has 0 aliphatic carbocycles. The number of rotatable bonds is 2. The Hall–Kier alpha value is -2.76. The van der Waals surface area contributed by atoms with Gasteiger partial charge < -0.3 is 9.80 Å². The largest absolute Gasteiger partial charge is 0.342 e. The zero-order valence-corrected chi connectivity index (χ0v) is 14.9. The highest BCUT2D eigenvalue weighted by molar-refractivity contribution is 5.94. The molecule has 0 radical (unpaired) electrons. The SMILES string of the molecule is CC(=O)N1C[C@H]2CN(C(=O)c3ccc(F)c(F)c3)[C@H](c3ccccc3)[C@H]2C1. The first-order chi connectivity index (χ1) is 13.0. The van der Waals surface area contributed by atoms with Gasteiger partial charge in [0.1, 0.15) is 0 Å². The Kier molecular flexibility index (Phi) is 4.42. The van der Waals surface area contributed by atoms with Gasteiger partial charge in [-0.15, -0.1) is 0 Å². The molecule has 2 amide bonds. The second-order valence-corrected chi connectivity index (χ2v) is 7.29. The monoisotopic (exact) mass is 370 g/mol. The Balaban J connectivity index is 1.68. The van der Waals surface area contributed by atoms with E-state index >= 15 is 0 Å². The van der Waals surface area contributed by atoms with Gasteiger partial charge in [-0.05, 0) is 23.8 Å². The second-order valence-electron chi connectivity index (χ2n) is 7.29. The van der Waals surface area contributed by atoms with E-state index in [2.05, 4.69) is 0 Å². The molecule has 140 valence electrons. The third-order valence-electron chi connectivity index (χ3n) is 5.68. The van der Waals surface area contributed by atoms with Crippen molar-refractivity contribution in [1.82, 2.24) is 9.80 Å². The van der Waals surface area contributed by atoms with Crippen LogP contribution in [0.1, 0.15) is 28.9 Å². The first kappa shape index (κ1) is 17.6. The number of likely N-dealkylation sites (tertiary alicyclic amines) is 2. The Morgan fingerprint density at radius 2 is 1.70 bits per heavy atom. The summed E-state index contributed by atoms with van der Waals surface area (Å²) in [6.07, 6.45) is 0. The molecule has 0 bridgehead atoms. The minimum absolute atomic E-state index is 0.0368. The molecular formula is C21H20F2N2O2. The Morgan fingerprint density at radius 3 is 2.37 bits per heavy atom. The van der Waals surface area contributed by atoms with Gasteiger partial charge in [0.15, 0.2) is 11.6 Å². The van der Waals surface area contributed by atoms with E-state index in [1.807, 2.05) is 35.2 Å². The van der Waals surface area contributed by atoms with Crippen LogP contribution in [0.15, 0.2) is 48.5 Å². The molecule has 2 saturated heterocycles. The molecule has 0 saturated carbocycles. The number of fused-ring (bicyclic) bond motifs is 1. The lowest BCUT2D eigenvalue weighted by Crippen LogP contribution is -2.36. The topological polar surface area (TPSA) is 40.6 Å². The zero-order valence-electron chi connectivity index (χ0n) is 14.9. The van der Waals surface area contributed by atoms with Gasteiger partial charge in [-0.1, -0.05) is 30.3 Å². The smallest absolute Gasteiger partial charge is 0.254 e. The summed E-state index contributed by atoms with van der Waals surface area (Å²) in [5.74, 6) is -1.97. The zero-order chi connectivity index (χ0) is 19.1. The van der Waals surface area contributed by atoms with E-state index in [0.29, 0.717) is 19.6 Å². The molecule has 6 heteroatoms. The lowest BCUT2D eigenvalue weighted by atomic mass is 9.89. The maximum absolute atomic E-state index is 13.6. The fourth-order valence-corrected chi connectivity index (χ4v) is 4.38. The second kappa shape index (κ2) is 6.76. The van der Waals surface area contributed by atoms with E-state index in [0.717, 1.165) is 17.7 Å². The van der Waals surface area contributed by atoms with Gasteiger partial charge in [0, 0.05) is 44.0 Å².